The first kappa shape index (κ1) is 11.4. The molecule has 16 heavy (non-hydrogen) atoms. The van der Waals surface area contributed by atoms with E-state index in [1.165, 1.54) is 0 Å². The van der Waals surface area contributed by atoms with E-state index in [9.17, 15) is 0 Å². The van der Waals surface area contributed by atoms with Crippen LogP contribution >= 0.6 is 0 Å². The van der Waals surface area contributed by atoms with Crippen LogP contribution in [0.5, 0.6) is 0 Å². The molecular weight excluding hydrogens is 200 g/mol. The Balaban J connectivity index is 1.94. The molecule has 1 saturated heterocycles. The van der Waals surface area contributed by atoms with Gasteiger partial charge in [0, 0.05) is 31.5 Å². The molecule has 88 valence electrons. The number of ether oxygens (including phenoxy) is 1. The van der Waals surface area contributed by atoms with Crippen LogP contribution in [0.15, 0.2) is 30.3 Å². The van der Waals surface area contributed by atoms with E-state index in [2.05, 4.69) is 17.4 Å². The van der Waals surface area contributed by atoms with Crippen LogP contribution in [-0.4, -0.2) is 25.8 Å². The average Bonchev–Trinajstić information content (AvgIpc) is 2.38. The van der Waals surface area contributed by atoms with E-state index in [-0.39, 0.29) is 0 Å². The van der Waals surface area contributed by atoms with Gasteiger partial charge < -0.3 is 15.8 Å². The first-order valence-electron chi connectivity index (χ1n) is 5.99. The van der Waals surface area contributed by atoms with E-state index in [1.807, 2.05) is 18.2 Å². The Labute approximate surface area is 97.0 Å². The van der Waals surface area contributed by atoms with Crippen molar-refractivity contribution in [2.45, 2.75) is 18.9 Å². The van der Waals surface area contributed by atoms with Gasteiger partial charge in [0.1, 0.15) is 0 Å². The van der Waals surface area contributed by atoms with Gasteiger partial charge in [0.05, 0.1) is 0 Å². The summed E-state index contributed by atoms with van der Waals surface area (Å²) in [6.45, 7) is 2.43. The van der Waals surface area contributed by atoms with Gasteiger partial charge in [-0.2, -0.15) is 0 Å². The maximum atomic E-state index is 5.85. The molecule has 1 aliphatic rings. The highest BCUT2D eigenvalue weighted by molar-refractivity contribution is 5.43. The fourth-order valence-electron chi connectivity index (χ4n) is 2.24. The monoisotopic (exact) mass is 220 g/mol. The maximum Gasteiger partial charge on any atom is 0.0469 e. The molecule has 2 rings (SSSR count). The molecule has 1 heterocycles. The van der Waals surface area contributed by atoms with Crippen molar-refractivity contribution < 1.29 is 4.74 Å². The highest BCUT2D eigenvalue weighted by Crippen LogP contribution is 2.21. The Bertz CT molecular complexity index is 296. The van der Waals surface area contributed by atoms with Crippen LogP contribution < -0.4 is 11.1 Å². The highest BCUT2D eigenvalue weighted by atomic mass is 16.5. The van der Waals surface area contributed by atoms with Gasteiger partial charge in [0.2, 0.25) is 0 Å². The van der Waals surface area contributed by atoms with Crippen LogP contribution in [0, 0.1) is 5.92 Å². The van der Waals surface area contributed by atoms with Crippen molar-refractivity contribution in [3.05, 3.63) is 30.3 Å². The highest BCUT2D eigenvalue weighted by Gasteiger charge is 2.22. The smallest absolute Gasteiger partial charge is 0.0469 e. The molecule has 1 aromatic carbocycles. The topological polar surface area (TPSA) is 47.3 Å². The Morgan fingerprint density at radius 2 is 1.94 bits per heavy atom. The van der Waals surface area contributed by atoms with Crippen molar-refractivity contribution >= 4 is 5.69 Å². The minimum absolute atomic E-state index is 0.367. The molecule has 3 heteroatoms. The summed E-state index contributed by atoms with van der Waals surface area (Å²) in [5.74, 6) is 0.638. The first-order valence-corrected chi connectivity index (χ1v) is 5.99. The minimum atomic E-state index is 0.367. The van der Waals surface area contributed by atoms with E-state index in [0.717, 1.165) is 31.7 Å². The van der Waals surface area contributed by atoms with Crippen molar-refractivity contribution in [3.8, 4) is 0 Å². The van der Waals surface area contributed by atoms with Gasteiger partial charge >= 0.3 is 0 Å². The molecule has 1 atom stereocenters. The molecule has 0 saturated carbocycles. The lowest BCUT2D eigenvalue weighted by molar-refractivity contribution is 0.0614. The standard InChI is InChI=1S/C13H20N2O/c14-10-13(11-6-8-16-9-7-11)15-12-4-2-1-3-5-12/h1-5,11,13,15H,6-10,14H2. The summed E-state index contributed by atoms with van der Waals surface area (Å²) >= 11 is 0. The Hall–Kier alpha value is -1.06. The largest absolute Gasteiger partial charge is 0.381 e. The molecular formula is C13H20N2O. The lowest BCUT2D eigenvalue weighted by Crippen LogP contribution is -2.39. The van der Waals surface area contributed by atoms with Crippen molar-refractivity contribution in [2.24, 2.45) is 11.7 Å². The maximum absolute atomic E-state index is 5.85. The van der Waals surface area contributed by atoms with Gasteiger partial charge in [-0.3, -0.25) is 0 Å². The summed E-state index contributed by atoms with van der Waals surface area (Å²) in [5, 5.41) is 3.52. The van der Waals surface area contributed by atoms with E-state index in [1.54, 1.807) is 0 Å². The second-order valence-electron chi connectivity index (χ2n) is 4.30. The van der Waals surface area contributed by atoms with Gasteiger partial charge in [-0.1, -0.05) is 18.2 Å². The molecule has 0 aromatic heterocycles. The van der Waals surface area contributed by atoms with Crippen molar-refractivity contribution in [2.75, 3.05) is 25.1 Å². The summed E-state index contributed by atoms with van der Waals surface area (Å²) in [4.78, 5) is 0. The third kappa shape index (κ3) is 2.97. The predicted octanol–water partition coefficient (Wildman–Crippen LogP) is 1.85. The van der Waals surface area contributed by atoms with Gasteiger partial charge in [0.25, 0.3) is 0 Å². The molecule has 3 N–H and O–H groups in total. The van der Waals surface area contributed by atoms with Crippen LogP contribution in [0.4, 0.5) is 5.69 Å². The van der Waals surface area contributed by atoms with Crippen LogP contribution in [0.2, 0.25) is 0 Å². The summed E-state index contributed by atoms with van der Waals surface area (Å²) in [7, 11) is 0. The quantitative estimate of drug-likeness (QED) is 0.814. The van der Waals surface area contributed by atoms with E-state index in [4.69, 9.17) is 10.5 Å². The zero-order chi connectivity index (χ0) is 11.2. The molecule has 0 aliphatic carbocycles. The summed E-state index contributed by atoms with van der Waals surface area (Å²) in [5.41, 5.74) is 7.01. The van der Waals surface area contributed by atoms with Gasteiger partial charge in [-0.25, -0.2) is 0 Å². The average molecular weight is 220 g/mol. The molecule has 0 spiro atoms. The Kier molecular flexibility index (Phi) is 4.19. The lowest BCUT2D eigenvalue weighted by Gasteiger charge is -2.30. The zero-order valence-corrected chi connectivity index (χ0v) is 9.56. The second kappa shape index (κ2) is 5.87. The third-order valence-corrected chi connectivity index (χ3v) is 3.21. The first-order chi connectivity index (χ1) is 7.90. The summed E-state index contributed by atoms with van der Waals surface area (Å²) in [6.07, 6.45) is 2.23. The van der Waals surface area contributed by atoms with Gasteiger partial charge in [-0.05, 0) is 30.9 Å². The normalized spacial score (nSPS) is 19.3. The van der Waals surface area contributed by atoms with Crippen LogP contribution in [0.1, 0.15) is 12.8 Å². The number of benzene rings is 1. The molecule has 1 aliphatic heterocycles. The van der Waals surface area contributed by atoms with E-state index in [0.29, 0.717) is 18.5 Å². The molecule has 1 aromatic rings. The molecule has 0 amide bonds. The number of para-hydroxylation sites is 1. The second-order valence-corrected chi connectivity index (χ2v) is 4.30. The predicted molar refractivity (Wildman–Crippen MR) is 66.5 cm³/mol. The Morgan fingerprint density at radius 1 is 1.25 bits per heavy atom. The minimum Gasteiger partial charge on any atom is -0.381 e. The number of nitrogens with two attached hydrogens (primary N) is 1. The lowest BCUT2D eigenvalue weighted by atomic mass is 9.91. The Morgan fingerprint density at radius 3 is 2.56 bits per heavy atom. The van der Waals surface area contributed by atoms with E-state index >= 15 is 0 Å². The number of rotatable bonds is 4. The third-order valence-electron chi connectivity index (χ3n) is 3.21. The molecule has 0 radical (unpaired) electrons. The fourth-order valence-corrected chi connectivity index (χ4v) is 2.24. The number of anilines is 1. The molecule has 1 fully saturated rings. The molecule has 0 bridgehead atoms. The SMILES string of the molecule is NCC(Nc1ccccc1)C1CCOCC1. The van der Waals surface area contributed by atoms with Crippen LogP contribution in [0.3, 0.4) is 0 Å². The number of nitrogens with one attached hydrogen (secondary N) is 1. The van der Waals surface area contributed by atoms with Crippen molar-refractivity contribution in [1.82, 2.24) is 0 Å². The fraction of sp³-hybridized carbons (Fsp3) is 0.538. The summed E-state index contributed by atoms with van der Waals surface area (Å²) < 4.78 is 5.38. The van der Waals surface area contributed by atoms with Crippen LogP contribution in [-0.2, 0) is 4.74 Å². The summed E-state index contributed by atoms with van der Waals surface area (Å²) in [6, 6.07) is 10.6. The number of hydrogen-bond acceptors (Lipinski definition) is 3. The van der Waals surface area contributed by atoms with Crippen molar-refractivity contribution in [1.29, 1.82) is 0 Å². The van der Waals surface area contributed by atoms with E-state index < -0.39 is 0 Å². The molecule has 3 nitrogen and oxygen atoms in total. The van der Waals surface area contributed by atoms with Crippen LogP contribution in [0.25, 0.3) is 0 Å². The number of hydrogen-bond donors (Lipinski definition) is 2. The van der Waals surface area contributed by atoms with Crippen molar-refractivity contribution in [3.63, 3.8) is 0 Å². The van der Waals surface area contributed by atoms with Gasteiger partial charge in [-0.15, -0.1) is 0 Å². The zero-order valence-electron chi connectivity index (χ0n) is 9.56. The molecule has 1 unspecified atom stereocenters. The van der Waals surface area contributed by atoms with Gasteiger partial charge in [0.15, 0.2) is 0 Å².